The van der Waals surface area contributed by atoms with Gasteiger partial charge in [-0.2, -0.15) is 0 Å². The molecule has 6 nitrogen and oxygen atoms in total. The fourth-order valence-electron chi connectivity index (χ4n) is 3.11. The average molecular weight is 510 g/mol. The van der Waals surface area contributed by atoms with E-state index in [4.69, 9.17) is 0 Å². The van der Waals surface area contributed by atoms with Crippen LogP contribution < -0.4 is 0 Å². The van der Waals surface area contributed by atoms with Crippen molar-refractivity contribution in [3.63, 3.8) is 0 Å². The molecule has 0 unspecified atom stereocenters. The maximum Gasteiger partial charge on any atom is 0.189 e. The van der Waals surface area contributed by atoms with Crippen LogP contribution in [0.4, 0.5) is 0 Å². The van der Waals surface area contributed by atoms with Crippen LogP contribution in [0.3, 0.4) is 0 Å². The van der Waals surface area contributed by atoms with Crippen molar-refractivity contribution >= 4 is 23.0 Å². The molecule has 2 aromatic rings. The number of nitrogens with zero attached hydrogens (tertiary/aromatic N) is 2. The Hall–Kier alpha value is -3.28. The van der Waals surface area contributed by atoms with Crippen LogP contribution in [0.25, 0.3) is 0 Å². The Balaban J connectivity index is 0.00000578. The molecule has 2 N–H and O–H groups in total. The minimum absolute atomic E-state index is 0. The van der Waals surface area contributed by atoms with E-state index in [1.54, 1.807) is 62.4 Å². The van der Waals surface area contributed by atoms with Crippen LogP contribution in [0.2, 0.25) is 0 Å². The third kappa shape index (κ3) is 10.6. The first-order chi connectivity index (χ1) is 15.7. The van der Waals surface area contributed by atoms with E-state index < -0.39 is 0 Å². The number of allylic oxidation sites excluding steroid dienone is 4. The number of carbonyl (C=O) groups is 2. The van der Waals surface area contributed by atoms with Crippen LogP contribution in [0.5, 0.6) is 0 Å². The normalized spacial score (nSPS) is 13.7. The second-order valence-corrected chi connectivity index (χ2v) is 7.87. The zero-order valence-corrected chi connectivity index (χ0v) is 20.5. The van der Waals surface area contributed by atoms with Gasteiger partial charge in [-0.15, -0.1) is 0 Å². The first kappa shape index (κ1) is 28.8. The summed E-state index contributed by atoms with van der Waals surface area (Å²) in [5.74, 6) is -0.605. The van der Waals surface area contributed by atoms with Gasteiger partial charge in [-0.1, -0.05) is 60.7 Å². The Bertz CT molecular complexity index is 1070. The third-order valence-electron chi connectivity index (χ3n) is 4.65. The van der Waals surface area contributed by atoms with Crippen LogP contribution in [-0.2, 0) is 17.1 Å². The van der Waals surface area contributed by atoms with Gasteiger partial charge in [-0.3, -0.25) is 19.6 Å². The average Bonchev–Trinajstić information content (AvgIpc) is 2.78. The number of carbonyl (C=O) groups excluding carboxylic acids is 2. The van der Waals surface area contributed by atoms with Gasteiger partial charge in [0.05, 0.1) is 12.6 Å². The van der Waals surface area contributed by atoms with E-state index >= 15 is 0 Å². The smallest absolute Gasteiger partial charge is 0.189 e. The topological polar surface area (TPSA) is 99.3 Å². The molecule has 0 aliphatic rings. The van der Waals surface area contributed by atoms with Crippen molar-refractivity contribution in [2.45, 2.75) is 39.7 Å². The number of benzene rings is 2. The van der Waals surface area contributed by atoms with Crippen LogP contribution >= 0.6 is 0 Å². The largest absolute Gasteiger partial charge is 0.512 e. The van der Waals surface area contributed by atoms with Crippen LogP contribution in [0.1, 0.15) is 54.3 Å². The molecule has 0 aromatic heterocycles. The second kappa shape index (κ2) is 14.8. The van der Waals surface area contributed by atoms with Gasteiger partial charge in [0.2, 0.25) is 0 Å². The van der Waals surface area contributed by atoms with Gasteiger partial charge < -0.3 is 10.2 Å². The van der Waals surface area contributed by atoms with Crippen molar-refractivity contribution in [1.29, 1.82) is 0 Å². The molecule has 1 atom stereocenters. The van der Waals surface area contributed by atoms with E-state index in [-0.39, 0.29) is 59.0 Å². The van der Waals surface area contributed by atoms with Crippen molar-refractivity contribution in [3.8, 4) is 0 Å². The zero-order chi connectivity index (χ0) is 24.2. The molecule has 0 aliphatic heterocycles. The summed E-state index contributed by atoms with van der Waals surface area (Å²) < 4.78 is 0. The van der Waals surface area contributed by atoms with Gasteiger partial charge in [0.15, 0.2) is 11.6 Å². The predicted molar refractivity (Wildman–Crippen MR) is 133 cm³/mol. The monoisotopic (exact) mass is 509 g/mol. The summed E-state index contributed by atoms with van der Waals surface area (Å²) in [6, 6.07) is 17.4. The van der Waals surface area contributed by atoms with Gasteiger partial charge in [-0.25, -0.2) is 0 Å². The van der Waals surface area contributed by atoms with Crippen LogP contribution in [0.15, 0.2) is 94.3 Å². The van der Waals surface area contributed by atoms with E-state index in [2.05, 4.69) is 9.98 Å². The molecular weight excluding hydrogens is 480 g/mol. The molecule has 0 fully saturated rings. The Morgan fingerprint density at radius 2 is 1.21 bits per heavy atom. The fraction of sp³-hybridized carbons (Fsp3) is 0.259. The van der Waals surface area contributed by atoms with Gasteiger partial charge in [0, 0.05) is 64.6 Å². The minimum atomic E-state index is -0.257. The summed E-state index contributed by atoms with van der Waals surface area (Å²) in [5.41, 5.74) is 2.39. The summed E-state index contributed by atoms with van der Waals surface area (Å²) in [6.45, 7) is 5.86. The van der Waals surface area contributed by atoms with Crippen molar-refractivity contribution in [2.24, 2.45) is 9.98 Å². The SMILES string of the molecule is CC(C/C(O)=C/C(=O)c1ccccc1)=NC[C@H](C)N=C(C)C/C(O)=C/C(=O)c1ccccc1.[Cu]. The van der Waals surface area contributed by atoms with E-state index in [0.717, 1.165) is 0 Å². The van der Waals surface area contributed by atoms with Gasteiger partial charge in [-0.05, 0) is 20.8 Å². The molecule has 2 aromatic carbocycles. The number of aliphatic imine (C=N–C) groups is 2. The van der Waals surface area contributed by atoms with Crippen molar-refractivity contribution in [2.75, 3.05) is 6.54 Å². The summed E-state index contributed by atoms with van der Waals surface area (Å²) >= 11 is 0. The second-order valence-electron chi connectivity index (χ2n) is 7.87. The summed E-state index contributed by atoms with van der Waals surface area (Å²) in [4.78, 5) is 33.2. The van der Waals surface area contributed by atoms with Crippen LogP contribution in [0, 0.1) is 0 Å². The number of hydrogen-bond donors (Lipinski definition) is 2. The Morgan fingerprint density at radius 1 is 0.794 bits per heavy atom. The molecule has 0 spiro atoms. The molecule has 183 valence electrons. The van der Waals surface area contributed by atoms with Gasteiger partial charge >= 0.3 is 0 Å². The first-order valence-corrected chi connectivity index (χ1v) is 10.8. The summed E-state index contributed by atoms with van der Waals surface area (Å²) in [6.07, 6.45) is 2.79. The molecule has 0 saturated carbocycles. The van der Waals surface area contributed by atoms with E-state index in [1.165, 1.54) is 12.2 Å². The summed E-state index contributed by atoms with van der Waals surface area (Å²) in [5, 5.41) is 20.2. The summed E-state index contributed by atoms with van der Waals surface area (Å²) in [7, 11) is 0. The number of aliphatic hydroxyl groups is 2. The predicted octanol–water partition coefficient (Wildman–Crippen LogP) is 5.72. The van der Waals surface area contributed by atoms with E-state index in [9.17, 15) is 19.8 Å². The molecule has 0 amide bonds. The maximum absolute atomic E-state index is 12.1. The molecule has 0 saturated heterocycles. The zero-order valence-electron chi connectivity index (χ0n) is 19.5. The Morgan fingerprint density at radius 3 is 1.65 bits per heavy atom. The Labute approximate surface area is 211 Å². The number of rotatable bonds is 11. The van der Waals surface area contributed by atoms with Crippen LogP contribution in [-0.4, -0.2) is 45.8 Å². The van der Waals surface area contributed by atoms with Gasteiger partial charge in [0.1, 0.15) is 11.5 Å². The molecule has 34 heavy (non-hydrogen) atoms. The third-order valence-corrected chi connectivity index (χ3v) is 4.65. The molecule has 7 heteroatoms. The first-order valence-electron chi connectivity index (χ1n) is 10.8. The molecule has 0 aliphatic carbocycles. The van der Waals surface area contributed by atoms with Crippen molar-refractivity contribution < 1.29 is 36.9 Å². The van der Waals surface area contributed by atoms with Crippen molar-refractivity contribution in [1.82, 2.24) is 0 Å². The maximum atomic E-state index is 12.1. The van der Waals surface area contributed by atoms with E-state index in [1.807, 2.05) is 19.1 Å². The van der Waals surface area contributed by atoms with E-state index in [0.29, 0.717) is 29.1 Å². The minimum Gasteiger partial charge on any atom is -0.512 e. The fourth-order valence-corrected chi connectivity index (χ4v) is 3.11. The number of aliphatic hydroxyl groups excluding tert-OH is 2. The number of ketones is 2. The molecule has 2 rings (SSSR count). The standard InChI is InChI=1S/C27H30N2O4.Cu/c1-19(14-24(30)16-26(32)22-10-6-4-7-11-22)28-18-21(3)29-20(2)15-25(31)17-27(33)23-12-8-5-9-13-23;/h4-13,16-17,21,30-31H,14-15,18H2,1-3H3;/b24-16-,25-17-,28-19?,29-20?;/t21-;/m0./s1. The number of hydrogen-bond acceptors (Lipinski definition) is 6. The van der Waals surface area contributed by atoms with Gasteiger partial charge in [0.25, 0.3) is 0 Å². The van der Waals surface area contributed by atoms with Crippen molar-refractivity contribution in [3.05, 3.63) is 95.5 Å². The molecule has 0 bridgehead atoms. The Kier molecular flexibility index (Phi) is 12.5. The quantitative estimate of drug-likeness (QED) is 0.133. The molecular formula is C27H30CuN2O4. The molecule has 0 heterocycles. The molecule has 1 radical (unpaired) electrons.